The van der Waals surface area contributed by atoms with Gasteiger partial charge in [0.15, 0.2) is 18.5 Å². The quantitative estimate of drug-likeness (QED) is 0.763. The molecule has 0 saturated carbocycles. The second kappa shape index (κ2) is 7.45. The molecule has 0 radical (unpaired) electrons. The van der Waals surface area contributed by atoms with Gasteiger partial charge in [-0.1, -0.05) is 18.2 Å². The molecule has 2 aromatic rings. The molecule has 1 saturated heterocycles. The Morgan fingerprint density at radius 1 is 1.31 bits per heavy atom. The molecule has 0 amide bonds. The molecule has 26 heavy (non-hydrogen) atoms. The van der Waals surface area contributed by atoms with Gasteiger partial charge in [-0.25, -0.2) is 18.1 Å². The van der Waals surface area contributed by atoms with E-state index in [0.29, 0.717) is 0 Å². The maximum atomic E-state index is 14.7. The molecular formula is C15H14F2N2O6P+. The average Bonchev–Trinajstić information content (AvgIpc) is 2.89. The van der Waals surface area contributed by atoms with Crippen LogP contribution >= 0.6 is 8.25 Å². The Balaban J connectivity index is 1.63. The molecule has 11 heteroatoms. The van der Waals surface area contributed by atoms with Crippen LogP contribution in [0.4, 0.5) is 8.78 Å². The summed E-state index contributed by atoms with van der Waals surface area (Å²) in [5, 5.41) is 0. The lowest BCUT2D eigenvalue weighted by molar-refractivity contribution is -0.191. The highest BCUT2D eigenvalue weighted by Crippen LogP contribution is 2.41. The number of H-pyrrole nitrogens is 1. The summed E-state index contributed by atoms with van der Waals surface area (Å²) < 4.78 is 56.0. The van der Waals surface area contributed by atoms with Crippen molar-refractivity contribution in [1.29, 1.82) is 0 Å². The number of rotatable bonds is 6. The SMILES string of the molecule is O=c1ccn([C@H]2C[C@H](F)[C@@](F)(CO[P+](=O)Oc3ccccc3)O2)c(=O)[nH]1. The van der Waals surface area contributed by atoms with Gasteiger partial charge in [0, 0.05) is 23.2 Å². The lowest BCUT2D eigenvalue weighted by Gasteiger charge is -2.19. The number of alkyl halides is 2. The van der Waals surface area contributed by atoms with Crippen LogP contribution in [0.15, 0.2) is 52.2 Å². The van der Waals surface area contributed by atoms with Gasteiger partial charge in [0.05, 0.1) is 0 Å². The predicted octanol–water partition coefficient (Wildman–Crippen LogP) is 2.21. The lowest BCUT2D eigenvalue weighted by Crippen LogP contribution is -2.37. The van der Waals surface area contributed by atoms with E-state index in [0.717, 1.165) is 16.8 Å². The smallest absolute Gasteiger partial charge is 0.317 e. The maximum absolute atomic E-state index is 14.7. The minimum absolute atomic E-state index is 0.239. The summed E-state index contributed by atoms with van der Waals surface area (Å²) in [5.41, 5.74) is -1.51. The highest BCUT2D eigenvalue weighted by molar-refractivity contribution is 7.33. The highest BCUT2D eigenvalue weighted by Gasteiger charge is 2.53. The van der Waals surface area contributed by atoms with E-state index >= 15 is 0 Å². The molecule has 8 nitrogen and oxygen atoms in total. The molecular weight excluding hydrogens is 373 g/mol. The normalized spacial score (nSPS) is 25.8. The van der Waals surface area contributed by atoms with Gasteiger partial charge in [-0.15, -0.1) is 4.52 Å². The molecule has 1 N–H and O–H groups in total. The monoisotopic (exact) mass is 387 g/mol. The number of para-hydroxylation sites is 1. The molecule has 1 unspecified atom stereocenters. The van der Waals surface area contributed by atoms with Gasteiger partial charge < -0.3 is 4.74 Å². The van der Waals surface area contributed by atoms with Crippen molar-refractivity contribution in [1.82, 2.24) is 9.55 Å². The van der Waals surface area contributed by atoms with Crippen LogP contribution in [0.25, 0.3) is 0 Å². The molecule has 1 aliphatic rings. The Labute approximate surface area is 146 Å². The summed E-state index contributed by atoms with van der Waals surface area (Å²) in [5.74, 6) is -2.67. The molecule has 0 spiro atoms. The summed E-state index contributed by atoms with van der Waals surface area (Å²) in [6.45, 7) is -0.995. The first kappa shape index (κ1) is 18.4. The number of hydrogen-bond acceptors (Lipinski definition) is 6. The molecule has 0 bridgehead atoms. The number of hydrogen-bond donors (Lipinski definition) is 1. The van der Waals surface area contributed by atoms with Crippen molar-refractivity contribution in [3.63, 3.8) is 0 Å². The van der Waals surface area contributed by atoms with E-state index in [-0.39, 0.29) is 5.75 Å². The zero-order valence-corrected chi connectivity index (χ0v) is 14.1. The minimum atomic E-state index is -2.91. The number of benzene rings is 1. The Bertz CT molecular complexity index is 905. The number of aromatic nitrogens is 2. The first-order valence-electron chi connectivity index (χ1n) is 7.53. The fraction of sp³-hybridized carbons (Fsp3) is 0.333. The predicted molar refractivity (Wildman–Crippen MR) is 85.4 cm³/mol. The Hall–Kier alpha value is -2.42. The van der Waals surface area contributed by atoms with Gasteiger partial charge in [0.2, 0.25) is 0 Å². The molecule has 1 aromatic heterocycles. The van der Waals surface area contributed by atoms with Crippen LogP contribution in [-0.2, 0) is 13.8 Å². The van der Waals surface area contributed by atoms with Crippen LogP contribution in [0.3, 0.4) is 0 Å². The van der Waals surface area contributed by atoms with E-state index in [1.54, 1.807) is 18.2 Å². The van der Waals surface area contributed by atoms with Gasteiger partial charge in [-0.3, -0.25) is 14.3 Å². The number of halogens is 2. The third kappa shape index (κ3) is 4.04. The zero-order valence-electron chi connectivity index (χ0n) is 13.2. The lowest BCUT2D eigenvalue weighted by atomic mass is 10.2. The standard InChI is InChI=1S/C15H13F2N2O6P/c16-11-8-13(19-7-6-12(20)18-14(19)21)24-15(11,17)9-23-26(22)25-10-4-2-1-3-5-10/h1-7,11,13H,8-9H2/p+1/t11-,13+,15+/m0/s1. The largest absolute Gasteiger partial charge is 0.750 e. The summed E-state index contributed by atoms with van der Waals surface area (Å²) in [6.07, 6.45) is -2.82. The van der Waals surface area contributed by atoms with Gasteiger partial charge in [-0.2, -0.15) is 0 Å². The van der Waals surface area contributed by atoms with Gasteiger partial charge in [0.25, 0.3) is 11.4 Å². The van der Waals surface area contributed by atoms with E-state index in [1.807, 2.05) is 4.98 Å². The second-order valence-corrected chi connectivity index (χ2v) is 6.37. The minimum Gasteiger partial charge on any atom is -0.317 e. The van der Waals surface area contributed by atoms with Gasteiger partial charge in [0.1, 0.15) is 6.23 Å². The Morgan fingerprint density at radius 2 is 2.04 bits per heavy atom. The fourth-order valence-electron chi connectivity index (χ4n) is 2.38. The summed E-state index contributed by atoms with van der Waals surface area (Å²) in [7, 11) is -2.76. The fourth-order valence-corrected chi connectivity index (χ4v) is 3.01. The van der Waals surface area contributed by atoms with Crippen LogP contribution < -0.4 is 15.8 Å². The van der Waals surface area contributed by atoms with E-state index in [2.05, 4.69) is 0 Å². The van der Waals surface area contributed by atoms with E-state index in [1.165, 1.54) is 12.1 Å². The maximum Gasteiger partial charge on any atom is 0.750 e. The summed E-state index contributed by atoms with van der Waals surface area (Å²) in [6, 6.07) is 9.06. The van der Waals surface area contributed by atoms with Crippen LogP contribution in [0.1, 0.15) is 12.6 Å². The molecule has 3 rings (SSSR count). The number of nitrogens with one attached hydrogen (secondary N) is 1. The van der Waals surface area contributed by atoms with E-state index < -0.39 is 50.8 Å². The van der Waals surface area contributed by atoms with Crippen LogP contribution in [0, 0.1) is 0 Å². The molecule has 0 aliphatic carbocycles. The topological polar surface area (TPSA) is 99.6 Å². The summed E-state index contributed by atoms with van der Waals surface area (Å²) >= 11 is 0. The molecule has 1 aromatic carbocycles. The third-order valence-electron chi connectivity index (χ3n) is 3.66. The van der Waals surface area contributed by atoms with Gasteiger partial charge in [-0.05, 0) is 12.1 Å². The van der Waals surface area contributed by atoms with Crippen molar-refractivity contribution >= 4 is 8.25 Å². The second-order valence-electron chi connectivity index (χ2n) is 5.48. The van der Waals surface area contributed by atoms with Crippen molar-refractivity contribution in [3.8, 4) is 5.75 Å². The number of nitrogens with zero attached hydrogens (tertiary/aromatic N) is 1. The third-order valence-corrected chi connectivity index (χ3v) is 4.36. The Morgan fingerprint density at radius 3 is 2.73 bits per heavy atom. The summed E-state index contributed by atoms with van der Waals surface area (Å²) in [4.78, 5) is 24.7. The zero-order chi connectivity index (χ0) is 18.7. The van der Waals surface area contributed by atoms with Crippen LogP contribution in [0.2, 0.25) is 0 Å². The van der Waals surface area contributed by atoms with E-state index in [4.69, 9.17) is 13.8 Å². The van der Waals surface area contributed by atoms with Crippen molar-refractivity contribution in [2.45, 2.75) is 24.7 Å². The molecule has 2 heterocycles. The van der Waals surface area contributed by atoms with Crippen molar-refractivity contribution < 1.29 is 27.1 Å². The van der Waals surface area contributed by atoms with Crippen molar-refractivity contribution in [2.24, 2.45) is 0 Å². The van der Waals surface area contributed by atoms with E-state index in [9.17, 15) is 22.9 Å². The Kier molecular flexibility index (Phi) is 5.26. The first-order chi connectivity index (χ1) is 12.4. The van der Waals surface area contributed by atoms with Crippen LogP contribution in [0.5, 0.6) is 5.75 Å². The average molecular weight is 387 g/mol. The van der Waals surface area contributed by atoms with Crippen LogP contribution in [-0.4, -0.2) is 28.2 Å². The van der Waals surface area contributed by atoms with Crippen molar-refractivity contribution in [3.05, 3.63) is 63.4 Å². The molecule has 138 valence electrons. The molecule has 1 aliphatic heterocycles. The number of aromatic amines is 1. The first-order valence-corrected chi connectivity index (χ1v) is 8.62. The van der Waals surface area contributed by atoms with Crippen molar-refractivity contribution in [2.75, 3.05) is 6.61 Å². The number of ether oxygens (including phenoxy) is 1. The van der Waals surface area contributed by atoms with Gasteiger partial charge >= 0.3 is 13.9 Å². The molecule has 4 atom stereocenters. The highest BCUT2D eigenvalue weighted by atomic mass is 31.1. The molecule has 1 fully saturated rings.